The maximum atomic E-state index is 8.76. The third-order valence-corrected chi connectivity index (χ3v) is 0.935. The lowest BCUT2D eigenvalue weighted by atomic mass is 10.3. The zero-order valence-electron chi connectivity index (χ0n) is 4.61. The van der Waals surface area contributed by atoms with E-state index in [4.69, 9.17) is 14.8 Å². The summed E-state index contributed by atoms with van der Waals surface area (Å²) in [7, 11) is 0. The first kappa shape index (κ1) is 5.86. The highest BCUT2D eigenvalue weighted by Gasteiger charge is 2.06. The molecule has 0 radical (unpaired) electrons. The summed E-state index contributed by atoms with van der Waals surface area (Å²) in [6.07, 6.45) is 0.288. The number of furan rings is 1. The molecule has 3 nitrogen and oxygen atoms in total. The Labute approximate surface area is 52.1 Å². The molecule has 1 heterocycles. The van der Waals surface area contributed by atoms with E-state index < -0.39 is 6.10 Å². The maximum Gasteiger partial charge on any atom is 0.198 e. The number of rotatable bonds is 1. The topological polar surface area (TPSA) is 57.2 Å². The van der Waals surface area contributed by atoms with Gasteiger partial charge in [-0.15, -0.1) is 0 Å². The van der Waals surface area contributed by atoms with Gasteiger partial charge in [0.25, 0.3) is 0 Å². The third-order valence-electron chi connectivity index (χ3n) is 0.935. The third kappa shape index (κ3) is 1.09. The first-order valence-electron chi connectivity index (χ1n) is 2.45. The fraction of sp³-hybridized carbons (Fsp3) is 0.167. The van der Waals surface area contributed by atoms with Crippen molar-refractivity contribution >= 4 is 0 Å². The van der Waals surface area contributed by atoms with Crippen LogP contribution in [0.5, 0.6) is 0 Å². The van der Waals surface area contributed by atoms with Crippen LogP contribution in [-0.4, -0.2) is 5.11 Å². The van der Waals surface area contributed by atoms with Crippen molar-refractivity contribution in [1.82, 2.24) is 0 Å². The molecular weight excluding hydrogens is 118 g/mol. The molecule has 1 rings (SSSR count). The minimum atomic E-state index is -1.13. The highest BCUT2D eigenvalue weighted by molar-refractivity contribution is 5.08. The summed E-state index contributed by atoms with van der Waals surface area (Å²) < 4.78 is 4.71. The van der Waals surface area contributed by atoms with Crippen molar-refractivity contribution in [2.24, 2.45) is 0 Å². The molecule has 3 heteroatoms. The quantitative estimate of drug-likeness (QED) is 0.563. The summed E-state index contributed by atoms with van der Waals surface area (Å²) in [4.78, 5) is 0. The molecule has 0 aliphatic carbocycles. The van der Waals surface area contributed by atoms with Gasteiger partial charge >= 0.3 is 0 Å². The van der Waals surface area contributed by atoms with Crippen molar-refractivity contribution in [3.05, 3.63) is 24.2 Å². The van der Waals surface area contributed by atoms with Crippen LogP contribution in [0.25, 0.3) is 0 Å². The van der Waals surface area contributed by atoms with Crippen molar-refractivity contribution in [2.45, 2.75) is 6.10 Å². The van der Waals surface area contributed by atoms with E-state index in [-0.39, 0.29) is 5.76 Å². The van der Waals surface area contributed by atoms with Crippen LogP contribution in [0, 0.1) is 11.3 Å². The predicted octanol–water partition coefficient (Wildman–Crippen LogP) is 0.837. The molecular formula is C6H5NO2. The minimum Gasteiger partial charge on any atom is -0.465 e. The Morgan fingerprint density at radius 2 is 2.56 bits per heavy atom. The van der Waals surface area contributed by atoms with E-state index in [0.717, 1.165) is 0 Å². The molecule has 0 aromatic carbocycles. The molecule has 1 atom stereocenters. The largest absolute Gasteiger partial charge is 0.465 e. The summed E-state index contributed by atoms with van der Waals surface area (Å²) in [6.45, 7) is 0. The van der Waals surface area contributed by atoms with Gasteiger partial charge in [-0.3, -0.25) is 0 Å². The van der Waals surface area contributed by atoms with Gasteiger partial charge in [-0.1, -0.05) is 0 Å². The van der Waals surface area contributed by atoms with E-state index in [1.54, 1.807) is 18.2 Å². The smallest absolute Gasteiger partial charge is 0.198 e. The van der Waals surface area contributed by atoms with Crippen molar-refractivity contribution in [2.75, 3.05) is 0 Å². The Kier molecular flexibility index (Phi) is 1.52. The van der Waals surface area contributed by atoms with Crippen LogP contribution in [0.2, 0.25) is 0 Å². The molecule has 1 unspecified atom stereocenters. The van der Waals surface area contributed by atoms with E-state index in [1.807, 2.05) is 0 Å². The van der Waals surface area contributed by atoms with E-state index >= 15 is 0 Å². The van der Waals surface area contributed by atoms with Crippen molar-refractivity contribution in [3.63, 3.8) is 0 Å². The van der Waals surface area contributed by atoms with Crippen molar-refractivity contribution in [1.29, 1.82) is 5.26 Å². The lowest BCUT2D eigenvalue weighted by molar-refractivity contribution is 0.204. The molecule has 46 valence electrons. The Morgan fingerprint density at radius 1 is 1.78 bits per heavy atom. The summed E-state index contributed by atoms with van der Waals surface area (Å²) in [5.74, 6) is 0.289. The van der Waals surface area contributed by atoms with Crippen LogP contribution in [-0.2, 0) is 0 Å². The lowest BCUT2D eigenvalue weighted by Crippen LogP contribution is -1.88. The van der Waals surface area contributed by atoms with E-state index in [0.29, 0.717) is 0 Å². The SMILES string of the molecule is N#CC(O)c1ccco1. The highest BCUT2D eigenvalue weighted by Crippen LogP contribution is 2.10. The summed E-state index contributed by atoms with van der Waals surface area (Å²) in [5.41, 5.74) is 0. The van der Waals surface area contributed by atoms with E-state index in [1.165, 1.54) is 6.26 Å². The number of aliphatic hydroxyl groups excluding tert-OH is 1. The molecule has 0 fully saturated rings. The Hall–Kier alpha value is -1.27. The van der Waals surface area contributed by atoms with Crippen LogP contribution in [0.4, 0.5) is 0 Å². The molecule has 0 spiro atoms. The molecule has 0 aliphatic heterocycles. The van der Waals surface area contributed by atoms with E-state index in [2.05, 4.69) is 0 Å². The fourth-order valence-electron chi connectivity index (χ4n) is 0.510. The molecule has 1 aromatic heterocycles. The zero-order chi connectivity index (χ0) is 6.69. The molecule has 0 saturated carbocycles. The molecule has 0 bridgehead atoms. The summed E-state index contributed by atoms with van der Waals surface area (Å²) in [5, 5.41) is 16.9. The first-order chi connectivity index (χ1) is 4.34. The van der Waals surface area contributed by atoms with Gasteiger partial charge in [0.15, 0.2) is 6.10 Å². The van der Waals surface area contributed by atoms with Gasteiger partial charge in [-0.25, -0.2) is 0 Å². The second kappa shape index (κ2) is 2.33. The van der Waals surface area contributed by atoms with Gasteiger partial charge in [0.05, 0.1) is 6.26 Å². The van der Waals surface area contributed by atoms with Crippen molar-refractivity contribution in [3.8, 4) is 6.07 Å². The minimum absolute atomic E-state index is 0.289. The first-order valence-corrected chi connectivity index (χ1v) is 2.45. The second-order valence-electron chi connectivity index (χ2n) is 1.55. The molecule has 9 heavy (non-hydrogen) atoms. The number of nitriles is 1. The molecule has 1 aromatic rings. The van der Waals surface area contributed by atoms with Gasteiger partial charge < -0.3 is 9.52 Å². The summed E-state index contributed by atoms with van der Waals surface area (Å²) in [6, 6.07) is 4.80. The Balaban J connectivity index is 2.80. The van der Waals surface area contributed by atoms with Crippen molar-refractivity contribution < 1.29 is 9.52 Å². The van der Waals surface area contributed by atoms with Crippen LogP contribution in [0.15, 0.2) is 22.8 Å². The number of hydrogen-bond donors (Lipinski definition) is 1. The molecule has 0 amide bonds. The number of aliphatic hydroxyl groups is 1. The number of hydrogen-bond acceptors (Lipinski definition) is 3. The Bertz CT molecular complexity index is 209. The van der Waals surface area contributed by atoms with Gasteiger partial charge in [0.1, 0.15) is 11.8 Å². The summed E-state index contributed by atoms with van der Waals surface area (Å²) >= 11 is 0. The Morgan fingerprint density at radius 3 is 3.00 bits per heavy atom. The average molecular weight is 123 g/mol. The van der Waals surface area contributed by atoms with Crippen LogP contribution in [0.1, 0.15) is 11.9 Å². The van der Waals surface area contributed by atoms with Gasteiger partial charge in [-0.05, 0) is 12.1 Å². The second-order valence-corrected chi connectivity index (χ2v) is 1.55. The predicted molar refractivity (Wildman–Crippen MR) is 29.3 cm³/mol. The molecule has 1 N–H and O–H groups in total. The lowest BCUT2D eigenvalue weighted by Gasteiger charge is -1.91. The van der Waals surface area contributed by atoms with Gasteiger partial charge in [0, 0.05) is 0 Å². The highest BCUT2D eigenvalue weighted by atomic mass is 16.4. The monoisotopic (exact) mass is 123 g/mol. The van der Waals surface area contributed by atoms with Crippen LogP contribution < -0.4 is 0 Å². The van der Waals surface area contributed by atoms with Gasteiger partial charge in [-0.2, -0.15) is 5.26 Å². The normalized spacial score (nSPS) is 12.4. The molecule has 0 saturated heterocycles. The standard InChI is InChI=1S/C6H5NO2/c7-4-5(8)6-2-1-3-9-6/h1-3,5,8H. The zero-order valence-corrected chi connectivity index (χ0v) is 4.61. The van der Waals surface area contributed by atoms with Crippen LogP contribution in [0.3, 0.4) is 0 Å². The van der Waals surface area contributed by atoms with Gasteiger partial charge in [0.2, 0.25) is 0 Å². The van der Waals surface area contributed by atoms with Crippen LogP contribution >= 0.6 is 0 Å². The maximum absolute atomic E-state index is 8.76. The number of nitrogens with zero attached hydrogens (tertiary/aromatic N) is 1. The fourth-order valence-corrected chi connectivity index (χ4v) is 0.510. The average Bonchev–Trinajstić information content (AvgIpc) is 2.37. The molecule has 0 aliphatic rings. The van der Waals surface area contributed by atoms with E-state index in [9.17, 15) is 0 Å².